The van der Waals surface area contributed by atoms with Crippen molar-refractivity contribution in [1.29, 1.82) is 0 Å². The lowest BCUT2D eigenvalue weighted by Crippen LogP contribution is -2.38. The first-order chi connectivity index (χ1) is 8.30. The second kappa shape index (κ2) is 8.90. The minimum Gasteiger partial charge on any atom is -0.385 e. The summed E-state index contributed by atoms with van der Waals surface area (Å²) >= 11 is 0. The van der Waals surface area contributed by atoms with Crippen molar-refractivity contribution in [2.45, 2.75) is 58.1 Å². The Morgan fingerprint density at radius 3 is 2.65 bits per heavy atom. The molecule has 0 heterocycles. The van der Waals surface area contributed by atoms with Crippen LogP contribution in [0.25, 0.3) is 0 Å². The lowest BCUT2D eigenvalue weighted by atomic mass is 9.77. The molecule has 0 aromatic heterocycles. The predicted octanol–water partition coefficient (Wildman–Crippen LogP) is 2.60. The van der Waals surface area contributed by atoms with E-state index in [4.69, 9.17) is 9.47 Å². The van der Waals surface area contributed by atoms with Gasteiger partial charge in [-0.15, -0.1) is 0 Å². The van der Waals surface area contributed by atoms with Gasteiger partial charge in [-0.25, -0.2) is 0 Å². The number of nitrogens with one attached hydrogen (secondary N) is 1. The third-order valence-electron chi connectivity index (χ3n) is 3.61. The van der Waals surface area contributed by atoms with Crippen LogP contribution in [-0.2, 0) is 9.47 Å². The highest BCUT2D eigenvalue weighted by Gasteiger charge is 2.30. The minimum absolute atomic E-state index is 0.547. The van der Waals surface area contributed by atoms with E-state index in [2.05, 4.69) is 19.2 Å². The van der Waals surface area contributed by atoms with Crippen molar-refractivity contribution in [2.75, 3.05) is 26.9 Å². The van der Waals surface area contributed by atoms with Crippen LogP contribution in [0.3, 0.4) is 0 Å². The maximum Gasteiger partial charge on any atom is 0.0580 e. The Bertz CT molecular complexity index is 181. The standard InChI is InChI=1S/C14H29NO2/c1-4-15-13(7-6-8-16-3)9-12-10-14(11-12)17-5-2/h12-15H,4-11H2,1-3H3. The Morgan fingerprint density at radius 2 is 2.06 bits per heavy atom. The van der Waals surface area contributed by atoms with Crippen LogP contribution in [0.2, 0.25) is 0 Å². The van der Waals surface area contributed by atoms with Crippen LogP contribution < -0.4 is 5.32 Å². The molecule has 0 aliphatic heterocycles. The molecule has 1 rings (SSSR count). The topological polar surface area (TPSA) is 30.5 Å². The van der Waals surface area contributed by atoms with Crippen molar-refractivity contribution >= 4 is 0 Å². The number of hydrogen-bond donors (Lipinski definition) is 1. The predicted molar refractivity (Wildman–Crippen MR) is 71.3 cm³/mol. The molecule has 1 aliphatic rings. The van der Waals surface area contributed by atoms with Gasteiger partial charge in [0.05, 0.1) is 6.10 Å². The Kier molecular flexibility index (Phi) is 7.82. The van der Waals surface area contributed by atoms with Crippen molar-refractivity contribution in [3.05, 3.63) is 0 Å². The van der Waals surface area contributed by atoms with E-state index in [1.165, 1.54) is 25.7 Å². The largest absolute Gasteiger partial charge is 0.385 e. The quantitative estimate of drug-likeness (QED) is 0.598. The van der Waals surface area contributed by atoms with Gasteiger partial charge in [-0.2, -0.15) is 0 Å². The average Bonchev–Trinajstić information content (AvgIpc) is 2.26. The molecule has 1 N–H and O–H groups in total. The molecule has 0 aromatic carbocycles. The van der Waals surface area contributed by atoms with Crippen LogP contribution in [-0.4, -0.2) is 39.0 Å². The fourth-order valence-corrected chi connectivity index (χ4v) is 2.71. The van der Waals surface area contributed by atoms with Gasteiger partial charge in [-0.05, 0) is 51.5 Å². The molecule has 0 spiro atoms. The third kappa shape index (κ3) is 5.84. The van der Waals surface area contributed by atoms with Crippen molar-refractivity contribution in [3.8, 4) is 0 Å². The van der Waals surface area contributed by atoms with Crippen LogP contribution in [0.15, 0.2) is 0 Å². The molecule has 1 atom stereocenters. The SMILES string of the molecule is CCNC(CCCOC)CC1CC(OCC)C1. The number of methoxy groups -OCH3 is 1. The maximum atomic E-state index is 5.61. The smallest absolute Gasteiger partial charge is 0.0580 e. The average molecular weight is 243 g/mol. The normalized spacial score (nSPS) is 25.6. The third-order valence-corrected chi connectivity index (χ3v) is 3.61. The fraction of sp³-hybridized carbons (Fsp3) is 1.00. The Balaban J connectivity index is 2.12. The zero-order valence-electron chi connectivity index (χ0n) is 11.7. The highest BCUT2D eigenvalue weighted by atomic mass is 16.5. The fourth-order valence-electron chi connectivity index (χ4n) is 2.71. The summed E-state index contributed by atoms with van der Waals surface area (Å²) < 4.78 is 10.7. The van der Waals surface area contributed by atoms with Gasteiger partial charge in [0.25, 0.3) is 0 Å². The molecule has 17 heavy (non-hydrogen) atoms. The molecule has 0 bridgehead atoms. The van der Waals surface area contributed by atoms with Crippen LogP contribution in [0.4, 0.5) is 0 Å². The molecule has 1 saturated carbocycles. The number of ether oxygens (including phenoxy) is 2. The van der Waals surface area contributed by atoms with Gasteiger partial charge in [0.1, 0.15) is 0 Å². The van der Waals surface area contributed by atoms with E-state index in [1.807, 2.05) is 0 Å². The van der Waals surface area contributed by atoms with Gasteiger partial charge in [-0.1, -0.05) is 6.92 Å². The zero-order valence-corrected chi connectivity index (χ0v) is 11.7. The van der Waals surface area contributed by atoms with Crippen molar-refractivity contribution in [1.82, 2.24) is 5.32 Å². The van der Waals surface area contributed by atoms with Crippen LogP contribution >= 0.6 is 0 Å². The molecule has 0 amide bonds. The summed E-state index contributed by atoms with van der Waals surface area (Å²) in [5, 5.41) is 3.59. The molecule has 1 aliphatic carbocycles. The van der Waals surface area contributed by atoms with E-state index < -0.39 is 0 Å². The molecule has 102 valence electrons. The van der Waals surface area contributed by atoms with E-state index in [1.54, 1.807) is 7.11 Å². The van der Waals surface area contributed by atoms with E-state index >= 15 is 0 Å². The number of rotatable bonds is 10. The highest BCUT2D eigenvalue weighted by molar-refractivity contribution is 4.84. The van der Waals surface area contributed by atoms with Gasteiger partial charge in [0.2, 0.25) is 0 Å². The van der Waals surface area contributed by atoms with Crippen LogP contribution in [0.1, 0.15) is 46.0 Å². The summed E-state index contributed by atoms with van der Waals surface area (Å²) in [7, 11) is 1.78. The summed E-state index contributed by atoms with van der Waals surface area (Å²) in [5.74, 6) is 0.873. The molecule has 3 nitrogen and oxygen atoms in total. The van der Waals surface area contributed by atoms with Gasteiger partial charge in [-0.3, -0.25) is 0 Å². The number of hydrogen-bond acceptors (Lipinski definition) is 3. The zero-order chi connectivity index (χ0) is 12.5. The van der Waals surface area contributed by atoms with Gasteiger partial charge in [0.15, 0.2) is 0 Å². The van der Waals surface area contributed by atoms with Crippen molar-refractivity contribution in [2.24, 2.45) is 5.92 Å². The molecule has 0 radical (unpaired) electrons. The second-order valence-corrected chi connectivity index (χ2v) is 5.04. The molecule has 1 fully saturated rings. The Morgan fingerprint density at radius 1 is 1.29 bits per heavy atom. The summed E-state index contributed by atoms with van der Waals surface area (Å²) in [6.07, 6.45) is 6.78. The van der Waals surface area contributed by atoms with Gasteiger partial charge in [0, 0.05) is 26.4 Å². The highest BCUT2D eigenvalue weighted by Crippen LogP contribution is 2.34. The van der Waals surface area contributed by atoms with Gasteiger partial charge < -0.3 is 14.8 Å². The van der Waals surface area contributed by atoms with Crippen LogP contribution in [0, 0.1) is 5.92 Å². The van der Waals surface area contributed by atoms with Gasteiger partial charge >= 0.3 is 0 Å². The van der Waals surface area contributed by atoms with E-state index in [0.29, 0.717) is 12.1 Å². The van der Waals surface area contributed by atoms with E-state index in [-0.39, 0.29) is 0 Å². The van der Waals surface area contributed by atoms with Crippen LogP contribution in [0.5, 0.6) is 0 Å². The first-order valence-corrected chi connectivity index (χ1v) is 7.14. The summed E-state index contributed by atoms with van der Waals surface area (Å²) in [5.41, 5.74) is 0. The monoisotopic (exact) mass is 243 g/mol. The molecule has 0 aromatic rings. The summed E-state index contributed by atoms with van der Waals surface area (Å²) in [6, 6.07) is 0.669. The summed E-state index contributed by atoms with van der Waals surface area (Å²) in [6.45, 7) is 7.09. The van der Waals surface area contributed by atoms with Crippen molar-refractivity contribution < 1.29 is 9.47 Å². The maximum absolute atomic E-state index is 5.61. The Hall–Kier alpha value is -0.120. The van der Waals surface area contributed by atoms with Crippen molar-refractivity contribution in [3.63, 3.8) is 0 Å². The lowest BCUT2D eigenvalue weighted by Gasteiger charge is -2.37. The summed E-state index contributed by atoms with van der Waals surface area (Å²) in [4.78, 5) is 0. The first-order valence-electron chi connectivity index (χ1n) is 7.14. The van der Waals surface area contributed by atoms with E-state index in [0.717, 1.165) is 32.1 Å². The first kappa shape index (κ1) is 14.9. The molecule has 1 unspecified atom stereocenters. The molecular formula is C14H29NO2. The van der Waals surface area contributed by atoms with E-state index in [9.17, 15) is 0 Å². The minimum atomic E-state index is 0.547. The molecule has 3 heteroatoms. The second-order valence-electron chi connectivity index (χ2n) is 5.04. The molecule has 0 saturated heterocycles. The molecular weight excluding hydrogens is 214 g/mol. The Labute approximate surface area is 106 Å². The lowest BCUT2D eigenvalue weighted by molar-refractivity contribution is -0.0293.